The zero-order valence-electron chi connectivity index (χ0n) is 2.74. The van der Waals surface area contributed by atoms with Gasteiger partial charge in [0, 0.05) is 0 Å². The van der Waals surface area contributed by atoms with Gasteiger partial charge in [0.25, 0.3) is 0 Å². The summed E-state index contributed by atoms with van der Waals surface area (Å²) in [7, 11) is 0. The average Bonchev–Trinajstić information content (AvgIpc) is 1.61. The summed E-state index contributed by atoms with van der Waals surface area (Å²) >= 11 is 1.72. The molecule has 34 valence electrons. The fourth-order valence-electron chi connectivity index (χ4n) is 0.0441. The van der Waals surface area contributed by atoms with Crippen LogP contribution in [0.3, 0.4) is 0 Å². The van der Waals surface area contributed by atoms with Crippen LogP contribution in [0.5, 0.6) is 0 Å². The van der Waals surface area contributed by atoms with E-state index >= 15 is 0 Å². The van der Waals surface area contributed by atoms with E-state index in [1.165, 1.54) is 12.5 Å². The summed E-state index contributed by atoms with van der Waals surface area (Å²) in [6, 6.07) is 0. The summed E-state index contributed by atoms with van der Waals surface area (Å²) < 4.78 is 3.38. The second kappa shape index (κ2) is 4.65. The van der Waals surface area contributed by atoms with Crippen molar-refractivity contribution in [1.29, 1.82) is 5.26 Å². The van der Waals surface area contributed by atoms with E-state index in [-0.39, 0.29) is 0 Å². The molecule has 0 rings (SSSR count). The van der Waals surface area contributed by atoms with E-state index in [1.54, 1.807) is 19.6 Å². The second-order valence-electron chi connectivity index (χ2n) is 0.426. The van der Waals surface area contributed by atoms with Crippen LogP contribution in [-0.2, 0) is 19.6 Å². The molecule has 0 bridgehead atoms. The van der Waals surface area contributed by atoms with Crippen LogP contribution in [0.2, 0.25) is 0 Å². The quantitative estimate of drug-likeness (QED) is 0.379. The molecule has 0 saturated carbocycles. The molecule has 0 radical (unpaired) electrons. The van der Waals surface area contributed by atoms with Crippen LogP contribution in [0, 0.1) is 11.5 Å². The zero-order chi connectivity index (χ0) is 4.83. The van der Waals surface area contributed by atoms with Gasteiger partial charge in [0.2, 0.25) is 0 Å². The second-order valence-corrected chi connectivity index (χ2v) is 1.01. The van der Waals surface area contributed by atoms with Crippen LogP contribution in [0.25, 0.3) is 0 Å². The van der Waals surface area contributed by atoms with Crippen molar-refractivity contribution < 1.29 is 19.6 Å². The van der Waals surface area contributed by atoms with E-state index in [9.17, 15) is 0 Å². The standard InChI is InChI=1S/C2HN3.Pt/c3-1-5-2-4;/h1H;. The Balaban J connectivity index is 3.26. The molecule has 0 spiro atoms. The molecule has 0 heterocycles. The van der Waals surface area contributed by atoms with Gasteiger partial charge in [-0.1, -0.05) is 0 Å². The van der Waals surface area contributed by atoms with Gasteiger partial charge in [-0.15, -0.1) is 0 Å². The first kappa shape index (κ1) is 5.65. The molecule has 0 saturated heterocycles. The Morgan fingerprint density at radius 2 is 2.50 bits per heavy atom. The molecule has 0 aliphatic carbocycles. The van der Waals surface area contributed by atoms with Crippen LogP contribution in [-0.4, -0.2) is 6.34 Å². The number of nitrogens with zero attached hydrogens (tertiary/aromatic N) is 3. The van der Waals surface area contributed by atoms with Crippen LogP contribution in [0.15, 0.2) is 8.49 Å². The van der Waals surface area contributed by atoms with Gasteiger partial charge in [0.1, 0.15) is 0 Å². The third-order valence-corrected chi connectivity index (χ3v) is 0.414. The normalized spacial score (nSPS) is 8.17. The van der Waals surface area contributed by atoms with Gasteiger partial charge < -0.3 is 0 Å². The Labute approximate surface area is 46.4 Å². The molecular formula is C2HN3Pt. The molecule has 0 aromatic heterocycles. The van der Waals surface area contributed by atoms with E-state index in [4.69, 9.17) is 5.26 Å². The summed E-state index contributed by atoms with van der Waals surface area (Å²) in [5, 5.41) is 7.69. The number of hydrogen-bond donors (Lipinski definition) is 0. The summed E-state index contributed by atoms with van der Waals surface area (Å²) in [4.78, 5) is 3.10. The van der Waals surface area contributed by atoms with Crippen molar-refractivity contribution >= 4 is 6.34 Å². The van der Waals surface area contributed by atoms with Gasteiger partial charge in [0.15, 0.2) is 0 Å². The van der Waals surface area contributed by atoms with Gasteiger partial charge in [0.05, 0.1) is 0 Å². The van der Waals surface area contributed by atoms with E-state index in [0.717, 1.165) is 0 Å². The van der Waals surface area contributed by atoms with E-state index in [1.807, 2.05) is 0 Å². The Bertz CT molecular complexity index is 99.9. The van der Waals surface area contributed by atoms with Gasteiger partial charge >= 0.3 is 45.9 Å². The van der Waals surface area contributed by atoms with Gasteiger partial charge in [-0.05, 0) is 0 Å². The zero-order valence-corrected chi connectivity index (χ0v) is 5.01. The van der Waals surface area contributed by atoms with E-state index in [0.29, 0.717) is 0 Å². The maximum atomic E-state index is 7.69. The Hall–Kier alpha value is -0.352. The van der Waals surface area contributed by atoms with Crippen LogP contribution in [0.4, 0.5) is 0 Å². The van der Waals surface area contributed by atoms with Crippen molar-refractivity contribution in [2.24, 2.45) is 8.49 Å². The SMILES string of the molecule is N#CN=C[N]=[Pt]. The number of nitriles is 1. The Kier molecular flexibility index (Phi) is 4.38. The van der Waals surface area contributed by atoms with Crippen LogP contribution >= 0.6 is 0 Å². The third-order valence-electron chi connectivity index (χ3n) is 0.152. The average molecular weight is 262 g/mol. The summed E-state index contributed by atoms with van der Waals surface area (Å²) in [5.74, 6) is 0. The first-order chi connectivity index (χ1) is 2.91. The minimum absolute atomic E-state index is 1.18. The predicted molar refractivity (Wildman–Crippen MR) is 16.5 cm³/mol. The number of hydrogen-bond acceptors (Lipinski definition) is 2. The molecule has 0 aromatic carbocycles. The monoisotopic (exact) mass is 262 g/mol. The summed E-state index contributed by atoms with van der Waals surface area (Å²) in [5.41, 5.74) is 0. The van der Waals surface area contributed by atoms with Crippen molar-refractivity contribution in [1.82, 2.24) is 0 Å². The molecular weight excluding hydrogens is 261 g/mol. The van der Waals surface area contributed by atoms with E-state index < -0.39 is 0 Å². The van der Waals surface area contributed by atoms with Crippen molar-refractivity contribution in [3.05, 3.63) is 0 Å². The van der Waals surface area contributed by atoms with Crippen molar-refractivity contribution in [2.75, 3.05) is 0 Å². The molecule has 6 heavy (non-hydrogen) atoms. The molecule has 0 unspecified atom stereocenters. The fraction of sp³-hybridized carbons (Fsp3) is 0. The minimum atomic E-state index is 1.18. The molecule has 0 fully saturated rings. The molecule has 3 nitrogen and oxygen atoms in total. The molecule has 4 heteroatoms. The number of rotatable bonds is 1. The van der Waals surface area contributed by atoms with Crippen molar-refractivity contribution in [3.8, 4) is 6.19 Å². The van der Waals surface area contributed by atoms with Crippen LogP contribution < -0.4 is 0 Å². The van der Waals surface area contributed by atoms with Crippen molar-refractivity contribution in [3.63, 3.8) is 0 Å². The predicted octanol–water partition coefficient (Wildman–Crippen LogP) is 0.226. The topological polar surface area (TPSA) is 48.5 Å². The third kappa shape index (κ3) is 3.65. The first-order valence-electron chi connectivity index (χ1n) is 1.11. The molecule has 0 atom stereocenters. The molecule has 0 amide bonds. The Morgan fingerprint density at radius 3 is 2.67 bits per heavy atom. The van der Waals surface area contributed by atoms with E-state index in [2.05, 4.69) is 8.49 Å². The molecule has 0 aliphatic rings. The maximum absolute atomic E-state index is 7.69. The summed E-state index contributed by atoms with van der Waals surface area (Å²) in [6.07, 6.45) is 2.72. The van der Waals surface area contributed by atoms with Gasteiger partial charge in [-0.25, -0.2) is 0 Å². The molecule has 0 aromatic rings. The van der Waals surface area contributed by atoms with Crippen LogP contribution in [0.1, 0.15) is 0 Å². The van der Waals surface area contributed by atoms with Crippen molar-refractivity contribution in [2.45, 2.75) is 0 Å². The Morgan fingerprint density at radius 1 is 1.83 bits per heavy atom. The number of aliphatic imine (C=N–C) groups is 1. The fourth-order valence-corrected chi connectivity index (χ4v) is 0.175. The molecule has 0 aliphatic heterocycles. The summed E-state index contributed by atoms with van der Waals surface area (Å²) in [6.45, 7) is 0. The molecule has 0 N–H and O–H groups in total. The van der Waals surface area contributed by atoms with Gasteiger partial charge in [-0.3, -0.25) is 0 Å². The first-order valence-corrected chi connectivity index (χ1v) is 2.12. The van der Waals surface area contributed by atoms with Gasteiger partial charge in [-0.2, -0.15) is 0 Å².